The summed E-state index contributed by atoms with van der Waals surface area (Å²) in [4.78, 5) is 21.2. The molecule has 0 saturated heterocycles. The van der Waals surface area contributed by atoms with E-state index in [2.05, 4.69) is 33.6 Å². The van der Waals surface area contributed by atoms with Crippen LogP contribution in [0, 0.1) is 0 Å². The minimum Gasteiger partial charge on any atom is -0.373 e. The van der Waals surface area contributed by atoms with E-state index in [1.165, 1.54) is 24.7 Å². The topological polar surface area (TPSA) is 66.9 Å². The summed E-state index contributed by atoms with van der Waals surface area (Å²) in [6.45, 7) is 2.24. The number of benzene rings is 2. The van der Waals surface area contributed by atoms with Gasteiger partial charge in [0.05, 0.1) is 5.52 Å². The van der Waals surface area contributed by atoms with E-state index in [-0.39, 0.29) is 11.3 Å². The average Bonchev–Trinajstić information content (AvgIpc) is 3.39. The lowest BCUT2D eigenvalue weighted by Gasteiger charge is -2.16. The molecule has 1 saturated carbocycles. The zero-order valence-corrected chi connectivity index (χ0v) is 14.3. The Morgan fingerprint density at radius 1 is 1.12 bits per heavy atom. The summed E-state index contributed by atoms with van der Waals surface area (Å²) >= 11 is 0. The van der Waals surface area contributed by atoms with E-state index in [1.807, 2.05) is 37.4 Å². The van der Waals surface area contributed by atoms with Crippen LogP contribution in [0.15, 0.2) is 48.8 Å². The molecule has 0 unspecified atom stereocenters. The van der Waals surface area contributed by atoms with Crippen molar-refractivity contribution >= 4 is 28.3 Å². The maximum atomic E-state index is 12.7. The standard InChI is InChI=1S/C20H20N4O/c1-20(9-10-20)15-5-3-4-6-16(15)24-19(25)13-7-8-14-17(11-13)22-12-23-18(14)21-2/h3-8,11-12H,9-10H2,1-2H3,(H,24,25)(H,21,22,23). The highest BCUT2D eigenvalue weighted by molar-refractivity contribution is 6.07. The monoisotopic (exact) mass is 332 g/mol. The molecular weight excluding hydrogens is 312 g/mol. The second-order valence-electron chi connectivity index (χ2n) is 6.76. The van der Waals surface area contributed by atoms with Crippen LogP contribution in [-0.2, 0) is 5.41 Å². The van der Waals surface area contributed by atoms with Gasteiger partial charge in [-0.3, -0.25) is 4.79 Å². The molecule has 0 aliphatic heterocycles. The molecular formula is C20H20N4O. The molecule has 1 aliphatic rings. The zero-order valence-electron chi connectivity index (χ0n) is 14.3. The Morgan fingerprint density at radius 2 is 1.92 bits per heavy atom. The van der Waals surface area contributed by atoms with Crippen molar-refractivity contribution in [3.63, 3.8) is 0 Å². The number of carbonyl (C=O) groups is 1. The van der Waals surface area contributed by atoms with Gasteiger partial charge in [0.2, 0.25) is 0 Å². The summed E-state index contributed by atoms with van der Waals surface area (Å²) in [6, 6.07) is 13.6. The number of carbonyl (C=O) groups excluding carboxylic acids is 1. The van der Waals surface area contributed by atoms with E-state index in [0.717, 1.165) is 22.4 Å². The molecule has 5 heteroatoms. The molecule has 1 heterocycles. The van der Waals surface area contributed by atoms with E-state index in [9.17, 15) is 4.79 Å². The van der Waals surface area contributed by atoms with Gasteiger partial charge in [-0.2, -0.15) is 0 Å². The smallest absolute Gasteiger partial charge is 0.255 e. The number of rotatable bonds is 4. The molecule has 0 radical (unpaired) electrons. The summed E-state index contributed by atoms with van der Waals surface area (Å²) in [7, 11) is 1.82. The highest BCUT2D eigenvalue weighted by atomic mass is 16.1. The van der Waals surface area contributed by atoms with Crippen molar-refractivity contribution in [1.82, 2.24) is 9.97 Å². The third kappa shape index (κ3) is 2.82. The third-order valence-corrected chi connectivity index (χ3v) is 4.96. The highest BCUT2D eigenvalue weighted by Crippen LogP contribution is 2.50. The minimum absolute atomic E-state index is 0.122. The van der Waals surface area contributed by atoms with Gasteiger partial charge >= 0.3 is 0 Å². The number of fused-ring (bicyclic) bond motifs is 1. The molecule has 126 valence electrons. The first-order valence-electron chi connectivity index (χ1n) is 8.44. The van der Waals surface area contributed by atoms with E-state index in [0.29, 0.717) is 5.56 Å². The van der Waals surface area contributed by atoms with Gasteiger partial charge in [0, 0.05) is 23.7 Å². The van der Waals surface area contributed by atoms with E-state index in [1.54, 1.807) is 6.07 Å². The van der Waals surface area contributed by atoms with Crippen molar-refractivity contribution < 1.29 is 4.79 Å². The SMILES string of the molecule is CNc1ncnc2cc(C(=O)Nc3ccccc3C3(C)CC3)ccc12. The maximum absolute atomic E-state index is 12.7. The highest BCUT2D eigenvalue weighted by Gasteiger charge is 2.40. The van der Waals surface area contributed by atoms with E-state index >= 15 is 0 Å². The van der Waals surface area contributed by atoms with Gasteiger partial charge in [-0.05, 0) is 48.1 Å². The van der Waals surface area contributed by atoms with Gasteiger partial charge in [-0.1, -0.05) is 25.1 Å². The summed E-state index contributed by atoms with van der Waals surface area (Å²) < 4.78 is 0. The van der Waals surface area contributed by atoms with Crippen molar-refractivity contribution in [1.29, 1.82) is 0 Å². The van der Waals surface area contributed by atoms with Crippen molar-refractivity contribution in [2.45, 2.75) is 25.2 Å². The Morgan fingerprint density at radius 3 is 2.68 bits per heavy atom. The van der Waals surface area contributed by atoms with E-state index < -0.39 is 0 Å². The summed E-state index contributed by atoms with van der Waals surface area (Å²) in [5.41, 5.74) is 3.64. The molecule has 1 amide bonds. The van der Waals surface area contributed by atoms with Crippen molar-refractivity contribution in [2.75, 3.05) is 17.7 Å². The van der Waals surface area contributed by atoms with Gasteiger partial charge in [-0.25, -0.2) is 9.97 Å². The number of aromatic nitrogens is 2. The molecule has 2 aromatic carbocycles. The Hall–Kier alpha value is -2.95. The zero-order chi connectivity index (χ0) is 17.4. The molecule has 4 rings (SSSR count). The first-order chi connectivity index (χ1) is 12.1. The fourth-order valence-corrected chi connectivity index (χ4v) is 3.17. The van der Waals surface area contributed by atoms with E-state index in [4.69, 9.17) is 0 Å². The molecule has 5 nitrogen and oxygen atoms in total. The molecule has 1 aromatic heterocycles. The van der Waals surface area contributed by atoms with Gasteiger partial charge in [-0.15, -0.1) is 0 Å². The Labute approximate surface area is 146 Å². The number of hydrogen-bond acceptors (Lipinski definition) is 4. The van der Waals surface area contributed by atoms with Gasteiger partial charge < -0.3 is 10.6 Å². The predicted molar refractivity (Wildman–Crippen MR) is 100 cm³/mol. The van der Waals surface area contributed by atoms with Crippen LogP contribution >= 0.6 is 0 Å². The normalized spacial score (nSPS) is 15.0. The van der Waals surface area contributed by atoms with Crippen LogP contribution in [0.25, 0.3) is 10.9 Å². The summed E-state index contributed by atoms with van der Waals surface area (Å²) in [6.07, 6.45) is 3.83. The van der Waals surface area contributed by atoms with Crippen LogP contribution in [0.4, 0.5) is 11.5 Å². The fourth-order valence-electron chi connectivity index (χ4n) is 3.17. The molecule has 0 atom stereocenters. The number of nitrogens with one attached hydrogen (secondary N) is 2. The minimum atomic E-state index is -0.122. The number of nitrogens with zero attached hydrogens (tertiary/aromatic N) is 2. The molecule has 0 bridgehead atoms. The quantitative estimate of drug-likeness (QED) is 0.758. The van der Waals surface area contributed by atoms with Crippen LogP contribution < -0.4 is 10.6 Å². The Balaban J connectivity index is 1.65. The number of hydrogen-bond donors (Lipinski definition) is 2. The van der Waals surface area contributed by atoms with Crippen molar-refractivity contribution in [2.24, 2.45) is 0 Å². The molecule has 25 heavy (non-hydrogen) atoms. The summed E-state index contributed by atoms with van der Waals surface area (Å²) in [5, 5.41) is 7.00. The lowest BCUT2D eigenvalue weighted by Crippen LogP contribution is -2.15. The van der Waals surface area contributed by atoms with Crippen LogP contribution in [0.3, 0.4) is 0 Å². The first-order valence-corrected chi connectivity index (χ1v) is 8.44. The molecule has 2 N–H and O–H groups in total. The van der Waals surface area contributed by atoms with Crippen LogP contribution in [0.1, 0.15) is 35.7 Å². The maximum Gasteiger partial charge on any atom is 0.255 e. The average molecular weight is 332 g/mol. The van der Waals surface area contributed by atoms with Crippen molar-refractivity contribution in [3.8, 4) is 0 Å². The van der Waals surface area contributed by atoms with Crippen LogP contribution in [0.5, 0.6) is 0 Å². The second-order valence-corrected chi connectivity index (χ2v) is 6.76. The van der Waals surface area contributed by atoms with Crippen LogP contribution in [0.2, 0.25) is 0 Å². The Kier molecular flexibility index (Phi) is 3.64. The largest absolute Gasteiger partial charge is 0.373 e. The van der Waals surface area contributed by atoms with Gasteiger partial charge in [0.25, 0.3) is 5.91 Å². The van der Waals surface area contributed by atoms with Gasteiger partial charge in [0.15, 0.2) is 0 Å². The predicted octanol–water partition coefficient (Wildman–Crippen LogP) is 3.98. The number of para-hydroxylation sites is 1. The second kappa shape index (κ2) is 5.84. The van der Waals surface area contributed by atoms with Gasteiger partial charge in [0.1, 0.15) is 12.1 Å². The van der Waals surface area contributed by atoms with Crippen LogP contribution in [-0.4, -0.2) is 22.9 Å². The Bertz CT molecular complexity index is 963. The number of anilines is 2. The third-order valence-electron chi connectivity index (χ3n) is 4.96. The summed E-state index contributed by atoms with van der Waals surface area (Å²) in [5.74, 6) is 0.632. The molecule has 3 aromatic rings. The molecule has 1 fully saturated rings. The number of amides is 1. The first kappa shape index (κ1) is 15.6. The molecule has 1 aliphatic carbocycles. The lowest BCUT2D eigenvalue weighted by molar-refractivity contribution is 0.102. The molecule has 0 spiro atoms. The lowest BCUT2D eigenvalue weighted by atomic mass is 9.96. The fraction of sp³-hybridized carbons (Fsp3) is 0.250. The van der Waals surface area contributed by atoms with Crippen molar-refractivity contribution in [3.05, 3.63) is 59.9 Å².